The zero-order chi connectivity index (χ0) is 14.9. The normalized spacial score (nSPS) is 25.3. The van der Waals surface area contributed by atoms with Crippen LogP contribution in [-0.4, -0.2) is 37.0 Å². The minimum absolute atomic E-state index is 0.109. The topological polar surface area (TPSA) is 62.3 Å². The first-order valence-corrected chi connectivity index (χ1v) is 7.85. The van der Waals surface area contributed by atoms with Crippen molar-refractivity contribution in [3.05, 3.63) is 35.4 Å². The van der Waals surface area contributed by atoms with Crippen LogP contribution in [0.5, 0.6) is 0 Å². The van der Waals surface area contributed by atoms with Gasteiger partial charge in [0.2, 0.25) is 0 Å². The van der Waals surface area contributed by atoms with Gasteiger partial charge >= 0.3 is 0 Å². The van der Waals surface area contributed by atoms with Crippen LogP contribution in [0.2, 0.25) is 0 Å². The molecule has 3 N–H and O–H groups in total. The third kappa shape index (κ3) is 2.97. The van der Waals surface area contributed by atoms with E-state index in [0.29, 0.717) is 5.84 Å². The van der Waals surface area contributed by atoms with Crippen LogP contribution in [-0.2, 0) is 11.2 Å². The van der Waals surface area contributed by atoms with Crippen molar-refractivity contribution >= 4 is 5.84 Å². The lowest BCUT2D eigenvalue weighted by Gasteiger charge is -2.40. The number of hydrogen-bond acceptors (Lipinski definition) is 3. The molecule has 0 aliphatic carbocycles. The number of nitrogens with zero attached hydrogens (tertiary/aromatic N) is 1. The lowest BCUT2D eigenvalue weighted by atomic mass is 9.79. The molecule has 2 aliphatic rings. The summed E-state index contributed by atoms with van der Waals surface area (Å²) in [5, 5.41) is 7.74. The third-order valence-electron chi connectivity index (χ3n) is 5.13. The van der Waals surface area contributed by atoms with Crippen LogP contribution in [0.25, 0.3) is 0 Å². The third-order valence-corrected chi connectivity index (χ3v) is 5.13. The number of nitrogens with one attached hydrogen (secondary N) is 1. The standard InChI is InChI=1S/C17H25N3O/c1-17(16(18)19)7-9-20(10-8-17)12-15-14-5-3-2-4-13(14)6-11-21-15/h2-5,15H,6-12H2,1H3,(H3,18,19). The molecule has 4 heteroatoms. The summed E-state index contributed by atoms with van der Waals surface area (Å²) in [5.74, 6) is 0.335. The molecule has 0 bridgehead atoms. The zero-order valence-corrected chi connectivity index (χ0v) is 12.8. The van der Waals surface area contributed by atoms with E-state index in [2.05, 4.69) is 36.1 Å². The van der Waals surface area contributed by atoms with Crippen molar-refractivity contribution in [2.45, 2.75) is 32.3 Å². The largest absolute Gasteiger partial charge is 0.387 e. The number of likely N-dealkylation sites (tertiary alicyclic amines) is 1. The molecule has 0 radical (unpaired) electrons. The summed E-state index contributed by atoms with van der Waals surface area (Å²) in [6, 6.07) is 8.63. The highest BCUT2D eigenvalue weighted by atomic mass is 16.5. The van der Waals surface area contributed by atoms with E-state index >= 15 is 0 Å². The summed E-state index contributed by atoms with van der Waals surface area (Å²) in [6.45, 7) is 5.88. The van der Waals surface area contributed by atoms with Gasteiger partial charge < -0.3 is 15.4 Å². The minimum Gasteiger partial charge on any atom is -0.387 e. The molecule has 1 aromatic rings. The van der Waals surface area contributed by atoms with Gasteiger partial charge in [0.15, 0.2) is 0 Å². The number of piperidine rings is 1. The minimum atomic E-state index is -0.109. The maximum Gasteiger partial charge on any atom is 0.0966 e. The average molecular weight is 287 g/mol. The predicted molar refractivity (Wildman–Crippen MR) is 84.5 cm³/mol. The van der Waals surface area contributed by atoms with Gasteiger partial charge in [-0.2, -0.15) is 0 Å². The second-order valence-corrected chi connectivity index (χ2v) is 6.58. The first-order valence-electron chi connectivity index (χ1n) is 7.85. The summed E-state index contributed by atoms with van der Waals surface area (Å²) >= 11 is 0. The van der Waals surface area contributed by atoms with Crippen LogP contribution in [0.4, 0.5) is 0 Å². The van der Waals surface area contributed by atoms with Gasteiger partial charge in [-0.15, -0.1) is 0 Å². The van der Waals surface area contributed by atoms with Crippen molar-refractivity contribution in [1.29, 1.82) is 5.41 Å². The Labute approximate surface area is 126 Å². The second-order valence-electron chi connectivity index (χ2n) is 6.58. The fraction of sp³-hybridized carbons (Fsp3) is 0.588. The van der Waals surface area contributed by atoms with Crippen LogP contribution >= 0.6 is 0 Å². The summed E-state index contributed by atoms with van der Waals surface area (Å²) in [6.07, 6.45) is 3.15. The molecular weight excluding hydrogens is 262 g/mol. The number of rotatable bonds is 3. The van der Waals surface area contributed by atoms with Gasteiger partial charge in [0.25, 0.3) is 0 Å². The summed E-state index contributed by atoms with van der Waals surface area (Å²) in [4.78, 5) is 2.46. The van der Waals surface area contributed by atoms with Crippen LogP contribution in [0.3, 0.4) is 0 Å². The molecule has 0 amide bonds. The van der Waals surface area contributed by atoms with Crippen LogP contribution in [0.1, 0.15) is 37.0 Å². The van der Waals surface area contributed by atoms with E-state index in [-0.39, 0.29) is 11.5 Å². The van der Waals surface area contributed by atoms with Gasteiger partial charge in [-0.3, -0.25) is 5.41 Å². The quantitative estimate of drug-likeness (QED) is 0.662. The predicted octanol–water partition coefficient (Wildman–Crippen LogP) is 2.34. The highest BCUT2D eigenvalue weighted by Crippen LogP contribution is 2.33. The number of ether oxygens (including phenoxy) is 1. The highest BCUT2D eigenvalue weighted by molar-refractivity contribution is 5.83. The van der Waals surface area contributed by atoms with Crippen LogP contribution in [0.15, 0.2) is 24.3 Å². The number of amidine groups is 1. The summed E-state index contributed by atoms with van der Waals surface area (Å²) in [7, 11) is 0. The molecule has 2 aliphatic heterocycles. The molecule has 4 nitrogen and oxygen atoms in total. The average Bonchev–Trinajstić information content (AvgIpc) is 2.50. The smallest absolute Gasteiger partial charge is 0.0966 e. The van der Waals surface area contributed by atoms with Crippen LogP contribution < -0.4 is 5.73 Å². The van der Waals surface area contributed by atoms with E-state index in [0.717, 1.165) is 45.5 Å². The van der Waals surface area contributed by atoms with Gasteiger partial charge in [-0.1, -0.05) is 31.2 Å². The fourth-order valence-electron chi connectivity index (χ4n) is 3.36. The van der Waals surface area contributed by atoms with E-state index in [1.807, 2.05) is 0 Å². The van der Waals surface area contributed by atoms with Crippen molar-refractivity contribution in [2.75, 3.05) is 26.2 Å². The first kappa shape index (κ1) is 14.5. The molecule has 1 aromatic carbocycles. The van der Waals surface area contributed by atoms with Crippen LogP contribution in [0, 0.1) is 10.8 Å². The molecule has 1 unspecified atom stereocenters. The molecule has 1 atom stereocenters. The van der Waals surface area contributed by atoms with E-state index < -0.39 is 0 Å². The maximum atomic E-state index is 7.74. The number of fused-ring (bicyclic) bond motifs is 1. The Bertz CT molecular complexity index is 521. The highest BCUT2D eigenvalue weighted by Gasteiger charge is 2.34. The molecule has 114 valence electrons. The first-order chi connectivity index (χ1) is 10.1. The van der Waals surface area contributed by atoms with E-state index in [1.165, 1.54) is 11.1 Å². The molecule has 0 saturated carbocycles. The van der Waals surface area contributed by atoms with E-state index in [9.17, 15) is 0 Å². The summed E-state index contributed by atoms with van der Waals surface area (Å²) < 4.78 is 6.00. The van der Waals surface area contributed by atoms with Gasteiger partial charge in [-0.05, 0) is 43.5 Å². The van der Waals surface area contributed by atoms with Gasteiger partial charge in [0.1, 0.15) is 0 Å². The van der Waals surface area contributed by atoms with E-state index in [4.69, 9.17) is 15.9 Å². The maximum absolute atomic E-state index is 7.74. The number of benzene rings is 1. The Morgan fingerprint density at radius 3 is 2.81 bits per heavy atom. The molecule has 0 spiro atoms. The Kier molecular flexibility index (Phi) is 4.00. The lowest BCUT2D eigenvalue weighted by Crippen LogP contribution is -2.46. The fourth-order valence-corrected chi connectivity index (χ4v) is 3.36. The van der Waals surface area contributed by atoms with Crippen molar-refractivity contribution in [1.82, 2.24) is 4.90 Å². The molecule has 21 heavy (non-hydrogen) atoms. The SMILES string of the molecule is CC1(C(=N)N)CCN(CC2OCCc3ccccc32)CC1. The Morgan fingerprint density at radius 2 is 2.10 bits per heavy atom. The Morgan fingerprint density at radius 1 is 1.38 bits per heavy atom. The second kappa shape index (κ2) is 5.78. The Hall–Kier alpha value is -1.39. The van der Waals surface area contributed by atoms with Gasteiger partial charge in [-0.25, -0.2) is 0 Å². The van der Waals surface area contributed by atoms with Crippen molar-refractivity contribution < 1.29 is 4.74 Å². The summed E-state index contributed by atoms with van der Waals surface area (Å²) in [5.41, 5.74) is 8.41. The Balaban J connectivity index is 1.63. The number of nitrogens with two attached hydrogens (primary N) is 1. The zero-order valence-electron chi connectivity index (χ0n) is 12.8. The molecule has 1 saturated heterocycles. The number of hydrogen-bond donors (Lipinski definition) is 2. The van der Waals surface area contributed by atoms with Crippen molar-refractivity contribution in [3.8, 4) is 0 Å². The molecule has 0 aromatic heterocycles. The molecule has 1 fully saturated rings. The van der Waals surface area contributed by atoms with Crippen molar-refractivity contribution in [2.24, 2.45) is 11.1 Å². The van der Waals surface area contributed by atoms with E-state index in [1.54, 1.807) is 0 Å². The van der Waals surface area contributed by atoms with Gasteiger partial charge in [0.05, 0.1) is 18.5 Å². The lowest BCUT2D eigenvalue weighted by molar-refractivity contribution is 0.00647. The molecule has 3 rings (SSSR count). The monoisotopic (exact) mass is 287 g/mol. The van der Waals surface area contributed by atoms with Gasteiger partial charge in [0, 0.05) is 12.0 Å². The molecule has 2 heterocycles. The van der Waals surface area contributed by atoms with Crippen molar-refractivity contribution in [3.63, 3.8) is 0 Å². The molecular formula is C17H25N3O.